The fourth-order valence-corrected chi connectivity index (χ4v) is 4.65. The summed E-state index contributed by atoms with van der Waals surface area (Å²) in [6.45, 7) is 5.40. The Balaban J connectivity index is 1.88. The van der Waals surface area contributed by atoms with E-state index in [9.17, 15) is 13.2 Å². The maximum absolute atomic E-state index is 13.0. The molecule has 8 heteroatoms. The molecular formula is C20H24N2O5S. The number of benzene rings is 2. The molecule has 2 aromatic rings. The number of carbonyl (C=O) groups excluding carboxylic acids is 1. The molecule has 28 heavy (non-hydrogen) atoms. The maximum Gasteiger partial charge on any atom is 0.255 e. The Labute approximate surface area is 165 Å². The quantitative estimate of drug-likeness (QED) is 0.800. The lowest BCUT2D eigenvalue weighted by Crippen LogP contribution is -2.40. The van der Waals surface area contributed by atoms with Crippen LogP contribution in [0.5, 0.6) is 5.75 Å². The van der Waals surface area contributed by atoms with Gasteiger partial charge in [-0.1, -0.05) is 18.2 Å². The van der Waals surface area contributed by atoms with Crippen molar-refractivity contribution in [1.82, 2.24) is 4.31 Å². The van der Waals surface area contributed by atoms with E-state index in [2.05, 4.69) is 5.32 Å². The molecule has 0 aliphatic carbocycles. The maximum atomic E-state index is 13.0. The topological polar surface area (TPSA) is 84.9 Å². The van der Waals surface area contributed by atoms with Crippen LogP contribution in [0.1, 0.15) is 22.8 Å². The van der Waals surface area contributed by atoms with Gasteiger partial charge in [-0.2, -0.15) is 4.31 Å². The molecule has 0 bridgehead atoms. The summed E-state index contributed by atoms with van der Waals surface area (Å²) in [7, 11) is -3.69. The minimum absolute atomic E-state index is 0.139. The molecule has 1 aliphatic heterocycles. The molecule has 0 radical (unpaired) electrons. The average Bonchev–Trinajstić information content (AvgIpc) is 2.70. The number of sulfonamides is 1. The molecule has 1 saturated heterocycles. The zero-order valence-electron chi connectivity index (χ0n) is 16.0. The van der Waals surface area contributed by atoms with Crippen molar-refractivity contribution in [3.63, 3.8) is 0 Å². The summed E-state index contributed by atoms with van der Waals surface area (Å²) in [5, 5.41) is 2.80. The first-order valence-corrected chi connectivity index (χ1v) is 10.6. The number of aryl methyl sites for hydroxylation is 1. The van der Waals surface area contributed by atoms with Gasteiger partial charge in [-0.05, 0) is 43.7 Å². The van der Waals surface area contributed by atoms with Crippen molar-refractivity contribution in [2.75, 3.05) is 38.2 Å². The van der Waals surface area contributed by atoms with Crippen LogP contribution in [0.4, 0.5) is 5.69 Å². The summed E-state index contributed by atoms with van der Waals surface area (Å²) in [5.74, 6) is 0.164. The van der Waals surface area contributed by atoms with Crippen LogP contribution in [-0.2, 0) is 14.8 Å². The number of hydrogen-bond acceptors (Lipinski definition) is 5. The van der Waals surface area contributed by atoms with Crippen LogP contribution < -0.4 is 10.1 Å². The van der Waals surface area contributed by atoms with Crippen LogP contribution >= 0.6 is 0 Å². The van der Waals surface area contributed by atoms with Gasteiger partial charge in [0.2, 0.25) is 10.0 Å². The summed E-state index contributed by atoms with van der Waals surface area (Å²) < 4.78 is 38.2. The van der Waals surface area contributed by atoms with Crippen LogP contribution in [0.2, 0.25) is 0 Å². The van der Waals surface area contributed by atoms with E-state index in [0.717, 1.165) is 0 Å². The van der Waals surface area contributed by atoms with E-state index in [1.165, 1.54) is 10.4 Å². The van der Waals surface area contributed by atoms with Gasteiger partial charge in [0.1, 0.15) is 5.75 Å². The van der Waals surface area contributed by atoms with E-state index >= 15 is 0 Å². The Bertz CT molecular complexity index is 953. The summed E-state index contributed by atoms with van der Waals surface area (Å²) >= 11 is 0. The molecule has 1 heterocycles. The third-order valence-electron chi connectivity index (χ3n) is 4.47. The standard InChI is InChI=1S/C20H24N2O5S/c1-3-27-18-7-5-4-6-17(18)21-20(23)16-9-8-15(2)19(14-16)28(24,25)22-10-12-26-13-11-22/h4-9,14H,3,10-13H2,1-2H3,(H,21,23). The number of carbonyl (C=O) groups is 1. The molecule has 1 aliphatic rings. The molecule has 0 aromatic heterocycles. The van der Waals surface area contributed by atoms with E-state index in [-0.39, 0.29) is 10.5 Å². The zero-order chi connectivity index (χ0) is 20.1. The van der Waals surface area contributed by atoms with Crippen LogP contribution in [0.3, 0.4) is 0 Å². The van der Waals surface area contributed by atoms with Crippen LogP contribution in [0.25, 0.3) is 0 Å². The van der Waals surface area contributed by atoms with Gasteiger partial charge in [-0.3, -0.25) is 4.79 Å². The zero-order valence-corrected chi connectivity index (χ0v) is 16.8. The number of hydrogen-bond donors (Lipinski definition) is 1. The number of nitrogens with one attached hydrogen (secondary N) is 1. The molecule has 1 fully saturated rings. The minimum atomic E-state index is -3.69. The molecule has 2 aromatic carbocycles. The van der Waals surface area contributed by atoms with Crippen LogP contribution in [0.15, 0.2) is 47.4 Å². The number of ether oxygens (including phenoxy) is 2. The van der Waals surface area contributed by atoms with Crippen molar-refractivity contribution in [3.8, 4) is 5.75 Å². The van der Waals surface area contributed by atoms with Gasteiger partial charge >= 0.3 is 0 Å². The Morgan fingerprint density at radius 1 is 1.18 bits per heavy atom. The fourth-order valence-electron chi connectivity index (χ4n) is 2.99. The molecule has 0 spiro atoms. The lowest BCUT2D eigenvalue weighted by Gasteiger charge is -2.26. The molecule has 1 amide bonds. The largest absolute Gasteiger partial charge is 0.492 e. The predicted octanol–water partition coefficient (Wildman–Crippen LogP) is 2.67. The first-order chi connectivity index (χ1) is 13.4. The van der Waals surface area contributed by atoms with Gasteiger partial charge in [0.25, 0.3) is 5.91 Å². The predicted molar refractivity (Wildman–Crippen MR) is 106 cm³/mol. The SMILES string of the molecule is CCOc1ccccc1NC(=O)c1ccc(C)c(S(=O)(=O)N2CCOCC2)c1. The third kappa shape index (κ3) is 4.35. The molecule has 0 unspecified atom stereocenters. The number of nitrogens with zero attached hydrogens (tertiary/aromatic N) is 1. The van der Waals surface area contributed by atoms with Crippen LogP contribution in [0, 0.1) is 6.92 Å². The van der Waals surface area contributed by atoms with Crippen molar-refractivity contribution < 1.29 is 22.7 Å². The lowest BCUT2D eigenvalue weighted by atomic mass is 10.1. The summed E-state index contributed by atoms with van der Waals surface area (Å²) in [5.41, 5.74) is 1.40. The first-order valence-electron chi connectivity index (χ1n) is 9.15. The molecule has 7 nitrogen and oxygen atoms in total. The van der Waals surface area contributed by atoms with Crippen molar-refractivity contribution in [2.24, 2.45) is 0 Å². The number of para-hydroxylation sites is 2. The summed E-state index contributed by atoms with van der Waals surface area (Å²) in [6, 6.07) is 11.8. The van der Waals surface area contributed by atoms with Gasteiger partial charge in [0.05, 0.1) is 30.4 Å². The Morgan fingerprint density at radius 3 is 2.61 bits per heavy atom. The molecule has 3 rings (SSSR count). The van der Waals surface area contributed by atoms with Gasteiger partial charge in [0.15, 0.2) is 0 Å². The number of morpholine rings is 1. The van der Waals surface area contributed by atoms with Gasteiger partial charge < -0.3 is 14.8 Å². The highest BCUT2D eigenvalue weighted by Gasteiger charge is 2.28. The molecular weight excluding hydrogens is 380 g/mol. The van der Waals surface area contributed by atoms with Crippen molar-refractivity contribution in [1.29, 1.82) is 0 Å². The Hall–Kier alpha value is -2.42. The van der Waals surface area contributed by atoms with E-state index in [0.29, 0.717) is 49.9 Å². The first kappa shape index (κ1) is 20.3. The minimum Gasteiger partial charge on any atom is -0.492 e. The Morgan fingerprint density at radius 2 is 1.89 bits per heavy atom. The third-order valence-corrected chi connectivity index (χ3v) is 6.51. The highest BCUT2D eigenvalue weighted by Crippen LogP contribution is 2.26. The van der Waals surface area contributed by atoms with Gasteiger partial charge in [-0.15, -0.1) is 0 Å². The fraction of sp³-hybridized carbons (Fsp3) is 0.350. The number of anilines is 1. The summed E-state index contributed by atoms with van der Waals surface area (Å²) in [4.78, 5) is 12.9. The van der Waals surface area contributed by atoms with E-state index in [1.807, 2.05) is 13.0 Å². The van der Waals surface area contributed by atoms with E-state index in [4.69, 9.17) is 9.47 Å². The second-order valence-corrected chi connectivity index (χ2v) is 8.29. The van der Waals surface area contributed by atoms with Crippen molar-refractivity contribution >= 4 is 21.6 Å². The second-order valence-electron chi connectivity index (χ2n) is 6.38. The highest BCUT2D eigenvalue weighted by molar-refractivity contribution is 7.89. The molecule has 0 atom stereocenters. The number of amides is 1. The second kappa shape index (κ2) is 8.72. The number of rotatable bonds is 6. The van der Waals surface area contributed by atoms with E-state index in [1.54, 1.807) is 37.3 Å². The van der Waals surface area contributed by atoms with Crippen molar-refractivity contribution in [2.45, 2.75) is 18.7 Å². The van der Waals surface area contributed by atoms with E-state index < -0.39 is 15.9 Å². The normalized spacial score (nSPS) is 15.2. The molecule has 0 saturated carbocycles. The average molecular weight is 404 g/mol. The van der Waals surface area contributed by atoms with Gasteiger partial charge in [0, 0.05) is 18.7 Å². The van der Waals surface area contributed by atoms with Crippen LogP contribution in [-0.4, -0.2) is 51.5 Å². The van der Waals surface area contributed by atoms with Gasteiger partial charge in [-0.25, -0.2) is 8.42 Å². The lowest BCUT2D eigenvalue weighted by molar-refractivity contribution is 0.0730. The summed E-state index contributed by atoms with van der Waals surface area (Å²) in [6.07, 6.45) is 0. The highest BCUT2D eigenvalue weighted by atomic mass is 32.2. The molecule has 150 valence electrons. The van der Waals surface area contributed by atoms with Crippen molar-refractivity contribution in [3.05, 3.63) is 53.6 Å². The monoisotopic (exact) mass is 404 g/mol. The molecule has 1 N–H and O–H groups in total. The Kier molecular flexibility index (Phi) is 6.33. The smallest absolute Gasteiger partial charge is 0.255 e.